The molecule has 15 heavy (non-hydrogen) atoms. The van der Waals surface area contributed by atoms with Gasteiger partial charge in [0, 0.05) is 12.4 Å². The second-order valence-electron chi connectivity index (χ2n) is 3.54. The van der Waals surface area contributed by atoms with Gasteiger partial charge in [-0.1, -0.05) is 30.3 Å². The van der Waals surface area contributed by atoms with Gasteiger partial charge in [-0.3, -0.25) is 5.32 Å². The summed E-state index contributed by atoms with van der Waals surface area (Å²) >= 11 is 5.50. The molecule has 1 unspecified atom stereocenters. The second-order valence-corrected chi connectivity index (χ2v) is 3.91. The Labute approximate surface area is 96.3 Å². The Balaban J connectivity index is 2.11. The molecule has 0 spiro atoms. The van der Waals surface area contributed by atoms with Gasteiger partial charge in [-0.2, -0.15) is 0 Å². The van der Waals surface area contributed by atoms with Crippen molar-refractivity contribution in [1.82, 2.24) is 5.32 Å². The van der Waals surface area contributed by atoms with Gasteiger partial charge < -0.3 is 5.11 Å². The molecule has 0 aliphatic carbocycles. The lowest BCUT2D eigenvalue weighted by atomic mass is 10.1. The van der Waals surface area contributed by atoms with Crippen molar-refractivity contribution in [2.75, 3.05) is 12.4 Å². The summed E-state index contributed by atoms with van der Waals surface area (Å²) in [5.41, 5.74) is 1.32. The fourth-order valence-corrected chi connectivity index (χ4v) is 1.58. The highest BCUT2D eigenvalue weighted by molar-refractivity contribution is 6.18. The molecule has 2 N–H and O–H groups in total. The predicted octanol–water partition coefficient (Wildman–Crippen LogP) is 2.16. The van der Waals surface area contributed by atoms with Gasteiger partial charge >= 0.3 is 0 Å². The van der Waals surface area contributed by atoms with Gasteiger partial charge in [0.15, 0.2) is 0 Å². The van der Waals surface area contributed by atoms with Crippen molar-refractivity contribution in [3.63, 3.8) is 0 Å². The van der Waals surface area contributed by atoms with Crippen molar-refractivity contribution in [2.45, 2.75) is 25.5 Å². The molecule has 0 heterocycles. The van der Waals surface area contributed by atoms with E-state index in [1.165, 1.54) is 5.56 Å². The molecule has 0 aromatic heterocycles. The van der Waals surface area contributed by atoms with Crippen LogP contribution in [0.2, 0.25) is 0 Å². The highest BCUT2D eigenvalue weighted by Crippen LogP contribution is 2.05. The number of alkyl halides is 1. The third-order valence-corrected chi connectivity index (χ3v) is 2.45. The third-order valence-electron chi connectivity index (χ3n) is 2.26. The molecule has 0 radical (unpaired) electrons. The normalized spacial score (nSPS) is 12.7. The molecule has 1 aromatic rings. The number of aliphatic hydroxyl groups excluding tert-OH is 1. The molecule has 2 nitrogen and oxygen atoms in total. The van der Waals surface area contributed by atoms with Crippen LogP contribution in [-0.4, -0.2) is 23.8 Å². The number of aliphatic hydroxyl groups is 1. The number of hydrogen-bond acceptors (Lipinski definition) is 2. The average Bonchev–Trinajstić information content (AvgIpc) is 2.28. The Hall–Kier alpha value is -0.570. The van der Waals surface area contributed by atoms with Crippen molar-refractivity contribution < 1.29 is 5.11 Å². The quantitative estimate of drug-likeness (QED) is 0.553. The smallest absolute Gasteiger partial charge is 0.104 e. The molecule has 0 fully saturated rings. The lowest BCUT2D eigenvalue weighted by Crippen LogP contribution is -2.30. The predicted molar refractivity (Wildman–Crippen MR) is 64.1 cm³/mol. The minimum Gasteiger partial charge on any atom is -0.379 e. The van der Waals surface area contributed by atoms with E-state index < -0.39 is 6.23 Å². The van der Waals surface area contributed by atoms with Crippen LogP contribution in [0.1, 0.15) is 18.4 Å². The summed E-state index contributed by atoms with van der Waals surface area (Å²) in [5, 5.41) is 12.4. The van der Waals surface area contributed by atoms with Gasteiger partial charge in [0.25, 0.3) is 0 Å². The maximum absolute atomic E-state index is 9.49. The molecule has 3 heteroatoms. The summed E-state index contributed by atoms with van der Waals surface area (Å²) in [6, 6.07) is 10.3. The number of halogens is 1. The molecular formula is C12H18ClNO. The maximum atomic E-state index is 9.49. The van der Waals surface area contributed by atoms with Gasteiger partial charge in [0.1, 0.15) is 6.23 Å². The van der Waals surface area contributed by atoms with Crippen LogP contribution < -0.4 is 5.32 Å². The van der Waals surface area contributed by atoms with Crippen molar-refractivity contribution in [1.29, 1.82) is 0 Å². The SMILES string of the molecule is OC(CCCc1ccccc1)NCCCl. The van der Waals surface area contributed by atoms with E-state index in [2.05, 4.69) is 17.4 Å². The Morgan fingerprint density at radius 1 is 1.27 bits per heavy atom. The van der Waals surface area contributed by atoms with Crippen molar-refractivity contribution in [2.24, 2.45) is 0 Å². The number of rotatable bonds is 7. The average molecular weight is 228 g/mol. The third kappa shape index (κ3) is 5.78. The van der Waals surface area contributed by atoms with Gasteiger partial charge in [0.05, 0.1) is 0 Å². The molecule has 0 bridgehead atoms. The number of benzene rings is 1. The van der Waals surface area contributed by atoms with E-state index in [9.17, 15) is 5.11 Å². The molecule has 1 rings (SSSR count). The van der Waals surface area contributed by atoms with Crippen molar-refractivity contribution >= 4 is 11.6 Å². The second kappa shape index (κ2) is 7.69. The largest absolute Gasteiger partial charge is 0.379 e. The molecule has 84 valence electrons. The summed E-state index contributed by atoms with van der Waals surface area (Å²) in [4.78, 5) is 0. The van der Waals surface area contributed by atoms with Crippen LogP contribution >= 0.6 is 11.6 Å². The van der Waals surface area contributed by atoms with Crippen LogP contribution in [0.5, 0.6) is 0 Å². The first-order chi connectivity index (χ1) is 7.33. The van der Waals surface area contributed by atoms with Crippen molar-refractivity contribution in [3.8, 4) is 0 Å². The van der Waals surface area contributed by atoms with E-state index in [1.807, 2.05) is 18.2 Å². The fourth-order valence-electron chi connectivity index (χ4n) is 1.47. The van der Waals surface area contributed by atoms with Crippen LogP contribution in [0.15, 0.2) is 30.3 Å². The Bertz CT molecular complexity index is 253. The van der Waals surface area contributed by atoms with Gasteiger partial charge in [0.2, 0.25) is 0 Å². The molecule has 0 amide bonds. The van der Waals surface area contributed by atoms with Crippen LogP contribution in [0.25, 0.3) is 0 Å². The van der Waals surface area contributed by atoms with E-state index in [0.29, 0.717) is 12.4 Å². The Morgan fingerprint density at radius 2 is 2.00 bits per heavy atom. The van der Waals surface area contributed by atoms with Gasteiger partial charge in [-0.25, -0.2) is 0 Å². The summed E-state index contributed by atoms with van der Waals surface area (Å²) in [6.45, 7) is 0.661. The van der Waals surface area contributed by atoms with Gasteiger partial charge in [-0.05, 0) is 24.8 Å². The summed E-state index contributed by atoms with van der Waals surface area (Å²) in [6.07, 6.45) is 2.35. The number of nitrogens with one attached hydrogen (secondary N) is 1. The topological polar surface area (TPSA) is 32.3 Å². The van der Waals surface area contributed by atoms with E-state index in [1.54, 1.807) is 0 Å². The standard InChI is InChI=1S/C12H18ClNO/c13-9-10-14-12(15)8-4-7-11-5-2-1-3-6-11/h1-3,5-6,12,14-15H,4,7-10H2. The Morgan fingerprint density at radius 3 is 2.67 bits per heavy atom. The molecule has 0 aliphatic rings. The molecule has 1 atom stereocenters. The van der Waals surface area contributed by atoms with E-state index >= 15 is 0 Å². The zero-order chi connectivity index (χ0) is 10.9. The van der Waals surface area contributed by atoms with E-state index in [0.717, 1.165) is 19.3 Å². The zero-order valence-corrected chi connectivity index (χ0v) is 9.58. The summed E-state index contributed by atoms with van der Waals surface area (Å²) in [7, 11) is 0. The first-order valence-corrected chi connectivity index (χ1v) is 5.87. The molecule has 0 saturated carbocycles. The number of aryl methyl sites for hydroxylation is 1. The number of hydrogen-bond donors (Lipinski definition) is 2. The van der Waals surface area contributed by atoms with Crippen molar-refractivity contribution in [3.05, 3.63) is 35.9 Å². The van der Waals surface area contributed by atoms with Crippen LogP contribution in [0.4, 0.5) is 0 Å². The minimum absolute atomic E-state index is 0.424. The zero-order valence-electron chi connectivity index (χ0n) is 8.82. The monoisotopic (exact) mass is 227 g/mol. The van der Waals surface area contributed by atoms with Crippen LogP contribution in [0, 0.1) is 0 Å². The molecular weight excluding hydrogens is 210 g/mol. The molecule has 0 aliphatic heterocycles. The lowest BCUT2D eigenvalue weighted by Gasteiger charge is -2.11. The lowest BCUT2D eigenvalue weighted by molar-refractivity contribution is 0.128. The first-order valence-electron chi connectivity index (χ1n) is 5.34. The fraction of sp³-hybridized carbons (Fsp3) is 0.500. The van der Waals surface area contributed by atoms with Crippen LogP contribution in [0.3, 0.4) is 0 Å². The maximum Gasteiger partial charge on any atom is 0.104 e. The highest BCUT2D eigenvalue weighted by Gasteiger charge is 2.01. The molecule has 0 saturated heterocycles. The summed E-state index contributed by atoms with van der Waals surface area (Å²) in [5.74, 6) is 0.537. The van der Waals surface area contributed by atoms with E-state index in [4.69, 9.17) is 11.6 Å². The van der Waals surface area contributed by atoms with Gasteiger partial charge in [-0.15, -0.1) is 11.6 Å². The van der Waals surface area contributed by atoms with E-state index in [-0.39, 0.29) is 0 Å². The molecule has 1 aromatic carbocycles. The highest BCUT2D eigenvalue weighted by atomic mass is 35.5. The Kier molecular flexibility index (Phi) is 6.41. The summed E-state index contributed by atoms with van der Waals surface area (Å²) < 4.78 is 0. The van der Waals surface area contributed by atoms with Crippen LogP contribution in [-0.2, 0) is 6.42 Å². The minimum atomic E-state index is -0.424. The first kappa shape index (κ1) is 12.5.